The molecule has 3 nitrogen and oxygen atoms in total. The van der Waals surface area contributed by atoms with Crippen LogP contribution in [0.1, 0.15) is 0 Å². The van der Waals surface area contributed by atoms with E-state index in [1.807, 2.05) is 48.8 Å². The summed E-state index contributed by atoms with van der Waals surface area (Å²) in [5, 5.41) is 2.41. The molecule has 0 aliphatic heterocycles. The van der Waals surface area contributed by atoms with Crippen LogP contribution in [0.2, 0.25) is 0 Å². The van der Waals surface area contributed by atoms with E-state index in [9.17, 15) is 0 Å². The number of aromatic nitrogens is 3. The Kier molecular flexibility index (Phi) is 3.10. The van der Waals surface area contributed by atoms with E-state index >= 15 is 0 Å². The van der Waals surface area contributed by atoms with E-state index in [1.54, 1.807) is 0 Å². The van der Waals surface area contributed by atoms with Crippen molar-refractivity contribution in [2.24, 2.45) is 0 Å². The maximum absolute atomic E-state index is 4.47. The summed E-state index contributed by atoms with van der Waals surface area (Å²) in [4.78, 5) is 12.4. The second kappa shape index (κ2) is 5.56. The van der Waals surface area contributed by atoms with Crippen LogP contribution in [-0.4, -0.2) is 15.0 Å². The molecule has 25 heavy (non-hydrogen) atoms. The first-order valence-electron chi connectivity index (χ1n) is 8.27. The Morgan fingerprint density at radius 3 is 1.52 bits per heavy atom. The largest absolute Gasteiger partial charge is 0.355 e. The van der Waals surface area contributed by atoms with E-state index in [2.05, 4.69) is 51.4 Å². The van der Waals surface area contributed by atoms with Crippen molar-refractivity contribution < 1.29 is 0 Å². The molecule has 0 fully saturated rings. The van der Waals surface area contributed by atoms with Gasteiger partial charge in [-0.3, -0.25) is 9.97 Å². The van der Waals surface area contributed by atoms with Crippen LogP contribution in [0.3, 0.4) is 0 Å². The topological polar surface area (TPSA) is 41.6 Å². The summed E-state index contributed by atoms with van der Waals surface area (Å²) in [7, 11) is 0. The van der Waals surface area contributed by atoms with Gasteiger partial charge in [-0.2, -0.15) is 0 Å². The van der Waals surface area contributed by atoms with Crippen molar-refractivity contribution in [2.75, 3.05) is 0 Å². The number of pyridine rings is 2. The fourth-order valence-corrected chi connectivity index (χ4v) is 3.28. The number of H-pyrrole nitrogens is 1. The zero-order valence-corrected chi connectivity index (χ0v) is 13.5. The van der Waals surface area contributed by atoms with Gasteiger partial charge >= 0.3 is 0 Å². The summed E-state index contributed by atoms with van der Waals surface area (Å²) < 4.78 is 0. The highest BCUT2D eigenvalue weighted by Crippen LogP contribution is 2.31. The third-order valence-electron chi connectivity index (χ3n) is 4.52. The maximum atomic E-state index is 4.47. The SMILES string of the molecule is c1ccc(-c2ccc3[nH]c4ccc(-c5ccccn5)cc4c3c2)nc1. The van der Waals surface area contributed by atoms with E-state index in [1.165, 1.54) is 10.8 Å². The number of fused-ring (bicyclic) bond motifs is 3. The highest BCUT2D eigenvalue weighted by atomic mass is 14.7. The van der Waals surface area contributed by atoms with Crippen LogP contribution in [0.4, 0.5) is 0 Å². The third-order valence-corrected chi connectivity index (χ3v) is 4.52. The van der Waals surface area contributed by atoms with Crippen LogP contribution in [0, 0.1) is 0 Å². The molecule has 0 radical (unpaired) electrons. The molecule has 1 N–H and O–H groups in total. The quantitative estimate of drug-likeness (QED) is 0.470. The Bertz CT molecular complexity index is 1080. The summed E-state index contributed by atoms with van der Waals surface area (Å²) in [6, 6.07) is 24.9. The lowest BCUT2D eigenvalue weighted by Gasteiger charge is -2.02. The molecule has 0 aliphatic rings. The van der Waals surface area contributed by atoms with Gasteiger partial charge in [0.1, 0.15) is 0 Å². The molecular weight excluding hydrogens is 306 g/mol. The number of hydrogen-bond donors (Lipinski definition) is 1. The summed E-state index contributed by atoms with van der Waals surface area (Å²) in [5.41, 5.74) is 6.48. The minimum atomic E-state index is 0.986. The van der Waals surface area contributed by atoms with Gasteiger partial charge in [0, 0.05) is 45.3 Å². The van der Waals surface area contributed by atoms with Gasteiger partial charge in [0.05, 0.1) is 11.4 Å². The number of hydrogen-bond acceptors (Lipinski definition) is 2. The molecular formula is C22H15N3. The van der Waals surface area contributed by atoms with Gasteiger partial charge in [0.15, 0.2) is 0 Å². The van der Waals surface area contributed by atoms with Gasteiger partial charge in [0.2, 0.25) is 0 Å². The molecule has 0 saturated heterocycles. The van der Waals surface area contributed by atoms with E-state index < -0.39 is 0 Å². The van der Waals surface area contributed by atoms with E-state index in [4.69, 9.17) is 0 Å². The van der Waals surface area contributed by atoms with Gasteiger partial charge in [-0.1, -0.05) is 24.3 Å². The fraction of sp³-hybridized carbons (Fsp3) is 0. The lowest BCUT2D eigenvalue weighted by Crippen LogP contribution is -1.82. The molecule has 0 bridgehead atoms. The zero-order valence-electron chi connectivity index (χ0n) is 13.5. The average molecular weight is 321 g/mol. The monoisotopic (exact) mass is 321 g/mol. The Labute approximate surface area is 145 Å². The first-order chi connectivity index (χ1) is 12.4. The van der Waals surface area contributed by atoms with Gasteiger partial charge in [-0.25, -0.2) is 0 Å². The van der Waals surface area contributed by atoms with Crippen LogP contribution in [0.25, 0.3) is 44.3 Å². The first kappa shape index (κ1) is 13.9. The Morgan fingerprint density at radius 1 is 0.560 bits per heavy atom. The third kappa shape index (κ3) is 2.37. The minimum absolute atomic E-state index is 0.986. The van der Waals surface area contributed by atoms with Crippen LogP contribution < -0.4 is 0 Å². The Balaban J connectivity index is 1.73. The predicted molar refractivity (Wildman–Crippen MR) is 102 cm³/mol. The van der Waals surface area contributed by atoms with E-state index in [0.29, 0.717) is 0 Å². The molecule has 0 atom stereocenters. The summed E-state index contributed by atoms with van der Waals surface area (Å²) in [6.45, 7) is 0. The Hall–Kier alpha value is -3.46. The smallest absolute Gasteiger partial charge is 0.0702 e. The van der Waals surface area contributed by atoms with Crippen molar-refractivity contribution in [1.82, 2.24) is 15.0 Å². The van der Waals surface area contributed by atoms with Crippen LogP contribution >= 0.6 is 0 Å². The van der Waals surface area contributed by atoms with Crippen molar-refractivity contribution in [3.8, 4) is 22.5 Å². The predicted octanol–water partition coefficient (Wildman–Crippen LogP) is 5.45. The zero-order chi connectivity index (χ0) is 16.6. The molecule has 0 unspecified atom stereocenters. The molecule has 0 amide bonds. The number of benzene rings is 2. The van der Waals surface area contributed by atoms with Crippen molar-refractivity contribution in [1.29, 1.82) is 0 Å². The van der Waals surface area contributed by atoms with Gasteiger partial charge in [-0.05, 0) is 48.5 Å². The van der Waals surface area contributed by atoms with Gasteiger partial charge < -0.3 is 4.98 Å². The molecule has 2 aromatic carbocycles. The van der Waals surface area contributed by atoms with Gasteiger partial charge in [0.25, 0.3) is 0 Å². The van der Waals surface area contributed by atoms with Crippen molar-refractivity contribution in [2.45, 2.75) is 0 Å². The van der Waals surface area contributed by atoms with Gasteiger partial charge in [-0.15, -0.1) is 0 Å². The standard InChI is InChI=1S/C22H15N3/c1-3-11-23-19(5-1)15-7-9-21-17(13-15)18-14-16(8-10-22(18)25-21)20-6-2-4-12-24-20/h1-14,25H. The molecule has 118 valence electrons. The van der Waals surface area contributed by atoms with Crippen LogP contribution in [0.15, 0.2) is 85.2 Å². The summed E-state index contributed by atoms with van der Waals surface area (Å²) in [6.07, 6.45) is 3.65. The van der Waals surface area contributed by atoms with Crippen molar-refractivity contribution in [3.63, 3.8) is 0 Å². The van der Waals surface area contributed by atoms with Crippen LogP contribution in [-0.2, 0) is 0 Å². The maximum Gasteiger partial charge on any atom is 0.0702 e. The molecule has 3 heteroatoms. The number of rotatable bonds is 2. The number of aromatic amines is 1. The Morgan fingerprint density at radius 2 is 1.08 bits per heavy atom. The molecule has 0 saturated carbocycles. The number of nitrogens with zero attached hydrogens (tertiary/aromatic N) is 2. The lowest BCUT2D eigenvalue weighted by atomic mass is 10.0. The highest BCUT2D eigenvalue weighted by Gasteiger charge is 2.08. The summed E-state index contributed by atoms with van der Waals surface area (Å²) >= 11 is 0. The summed E-state index contributed by atoms with van der Waals surface area (Å²) in [5.74, 6) is 0. The lowest BCUT2D eigenvalue weighted by molar-refractivity contribution is 1.33. The molecule has 0 spiro atoms. The molecule has 5 aromatic rings. The van der Waals surface area contributed by atoms with Crippen molar-refractivity contribution in [3.05, 3.63) is 85.2 Å². The molecule has 0 aliphatic carbocycles. The second-order valence-corrected chi connectivity index (χ2v) is 6.08. The first-order valence-corrected chi connectivity index (χ1v) is 8.27. The average Bonchev–Trinajstić information content (AvgIpc) is 3.06. The minimum Gasteiger partial charge on any atom is -0.355 e. The highest BCUT2D eigenvalue weighted by molar-refractivity contribution is 6.09. The second-order valence-electron chi connectivity index (χ2n) is 6.08. The molecule has 3 heterocycles. The number of nitrogens with one attached hydrogen (secondary N) is 1. The van der Waals surface area contributed by atoms with Crippen molar-refractivity contribution >= 4 is 21.8 Å². The molecule has 5 rings (SSSR count). The van der Waals surface area contributed by atoms with Crippen LogP contribution in [0.5, 0.6) is 0 Å². The molecule has 3 aromatic heterocycles. The van der Waals surface area contributed by atoms with E-state index in [-0.39, 0.29) is 0 Å². The normalized spacial score (nSPS) is 11.2. The fourth-order valence-electron chi connectivity index (χ4n) is 3.28. The van der Waals surface area contributed by atoms with E-state index in [0.717, 1.165) is 33.5 Å².